The molecule has 6 nitrogen and oxygen atoms in total. The predicted octanol–water partition coefficient (Wildman–Crippen LogP) is 0.214. The summed E-state index contributed by atoms with van der Waals surface area (Å²) in [5.41, 5.74) is -0.673. The van der Waals surface area contributed by atoms with Crippen LogP contribution in [0.4, 0.5) is 0 Å². The van der Waals surface area contributed by atoms with E-state index in [-0.39, 0.29) is 16.6 Å². The van der Waals surface area contributed by atoms with Crippen LogP contribution in [0.1, 0.15) is 10.4 Å². The van der Waals surface area contributed by atoms with Crippen LogP contribution in [0.3, 0.4) is 0 Å². The van der Waals surface area contributed by atoms with Crippen LogP contribution in [0.5, 0.6) is 0 Å². The van der Waals surface area contributed by atoms with Gasteiger partial charge in [0.25, 0.3) is 0 Å². The topological polar surface area (TPSA) is 96.2 Å². The molecule has 13 heavy (non-hydrogen) atoms. The van der Waals surface area contributed by atoms with E-state index in [9.17, 15) is 9.59 Å². The van der Waals surface area contributed by atoms with Crippen LogP contribution >= 0.6 is 0 Å². The van der Waals surface area contributed by atoms with Crippen molar-refractivity contribution in [2.24, 2.45) is 0 Å². The molecule has 0 amide bonds. The Hall–Kier alpha value is -2.11. The van der Waals surface area contributed by atoms with Crippen molar-refractivity contribution in [1.29, 1.82) is 0 Å². The minimum atomic E-state index is -1.27. The summed E-state index contributed by atoms with van der Waals surface area (Å²) in [5, 5.41) is 12.2. The van der Waals surface area contributed by atoms with Gasteiger partial charge in [0.2, 0.25) is 5.43 Å². The number of aromatic nitrogens is 2. The summed E-state index contributed by atoms with van der Waals surface area (Å²) in [7, 11) is 0. The van der Waals surface area contributed by atoms with E-state index >= 15 is 0 Å². The van der Waals surface area contributed by atoms with E-state index in [1.165, 1.54) is 0 Å². The molecule has 0 saturated heterocycles. The molecule has 6 heteroatoms. The summed E-state index contributed by atoms with van der Waals surface area (Å²) in [4.78, 5) is 24.4. The Morgan fingerprint density at radius 2 is 2.38 bits per heavy atom. The molecule has 0 aliphatic carbocycles. The van der Waals surface area contributed by atoms with Crippen LogP contribution in [0.2, 0.25) is 0 Å². The van der Waals surface area contributed by atoms with Crippen LogP contribution in [-0.4, -0.2) is 21.2 Å². The minimum Gasteiger partial charge on any atom is -0.477 e. The van der Waals surface area contributed by atoms with Crippen molar-refractivity contribution in [2.75, 3.05) is 0 Å². The molecule has 0 atom stereocenters. The zero-order valence-corrected chi connectivity index (χ0v) is 6.27. The maximum Gasteiger partial charge on any atom is 0.341 e. The van der Waals surface area contributed by atoms with Gasteiger partial charge < -0.3 is 14.6 Å². The molecule has 0 radical (unpaired) electrons. The molecular formula is C7H4N2O4. The quantitative estimate of drug-likeness (QED) is 0.654. The monoisotopic (exact) mass is 180 g/mol. The van der Waals surface area contributed by atoms with Crippen LogP contribution in [0.15, 0.2) is 21.8 Å². The number of fused-ring (bicyclic) bond motifs is 1. The van der Waals surface area contributed by atoms with E-state index in [1.54, 1.807) is 0 Å². The number of aromatic amines is 1. The maximum absolute atomic E-state index is 11.3. The maximum atomic E-state index is 11.3. The predicted molar refractivity (Wildman–Crippen MR) is 41.6 cm³/mol. The molecule has 0 bridgehead atoms. The number of carboxylic acids is 1. The Morgan fingerprint density at radius 1 is 1.62 bits per heavy atom. The SMILES string of the molecule is O=C(O)c1c[nH]c2nocc2c1=O. The van der Waals surface area contributed by atoms with Gasteiger partial charge >= 0.3 is 5.97 Å². The lowest BCUT2D eigenvalue weighted by Crippen LogP contribution is -2.14. The molecule has 66 valence electrons. The van der Waals surface area contributed by atoms with E-state index in [4.69, 9.17) is 5.11 Å². The van der Waals surface area contributed by atoms with Crippen molar-refractivity contribution in [2.45, 2.75) is 0 Å². The molecule has 0 saturated carbocycles. The Labute approximate surface area is 70.8 Å². The number of hydrogen-bond donors (Lipinski definition) is 2. The third-order valence-corrected chi connectivity index (χ3v) is 1.64. The van der Waals surface area contributed by atoms with Gasteiger partial charge in [0.15, 0.2) is 5.65 Å². The first-order valence-corrected chi connectivity index (χ1v) is 3.39. The summed E-state index contributed by atoms with van der Waals surface area (Å²) in [5.74, 6) is -1.27. The number of H-pyrrole nitrogens is 1. The summed E-state index contributed by atoms with van der Waals surface area (Å²) in [6.07, 6.45) is 2.20. The summed E-state index contributed by atoms with van der Waals surface area (Å²) < 4.78 is 4.51. The number of hydrogen-bond acceptors (Lipinski definition) is 4. The molecular weight excluding hydrogens is 176 g/mol. The molecule has 0 fully saturated rings. The van der Waals surface area contributed by atoms with E-state index in [0.717, 1.165) is 12.5 Å². The second-order valence-corrected chi connectivity index (χ2v) is 2.41. The first-order chi connectivity index (χ1) is 6.20. The highest BCUT2D eigenvalue weighted by molar-refractivity contribution is 5.91. The lowest BCUT2D eigenvalue weighted by molar-refractivity contribution is 0.0695. The first kappa shape index (κ1) is 7.53. The normalized spacial score (nSPS) is 10.5. The Balaban J connectivity index is 2.89. The smallest absolute Gasteiger partial charge is 0.341 e. The fourth-order valence-electron chi connectivity index (χ4n) is 1.01. The lowest BCUT2D eigenvalue weighted by atomic mass is 10.2. The number of carbonyl (C=O) groups is 1. The third kappa shape index (κ3) is 0.994. The number of nitrogens with one attached hydrogen (secondary N) is 1. The summed E-state index contributed by atoms with van der Waals surface area (Å²) in [6.45, 7) is 0. The minimum absolute atomic E-state index is 0.139. The Morgan fingerprint density at radius 3 is 3.08 bits per heavy atom. The number of nitrogens with zero attached hydrogens (tertiary/aromatic N) is 1. The Kier molecular flexibility index (Phi) is 1.42. The zero-order valence-electron chi connectivity index (χ0n) is 6.27. The van der Waals surface area contributed by atoms with Crippen LogP contribution < -0.4 is 5.43 Å². The fourth-order valence-corrected chi connectivity index (χ4v) is 1.01. The number of pyridine rings is 1. The van der Waals surface area contributed by atoms with E-state index in [0.29, 0.717) is 0 Å². The number of aromatic carboxylic acids is 1. The molecule has 2 heterocycles. The molecule has 0 aliphatic rings. The van der Waals surface area contributed by atoms with E-state index in [1.807, 2.05) is 0 Å². The van der Waals surface area contributed by atoms with Gasteiger partial charge in [-0.05, 0) is 0 Å². The van der Waals surface area contributed by atoms with Gasteiger partial charge in [-0.15, -0.1) is 0 Å². The van der Waals surface area contributed by atoms with Crippen molar-refractivity contribution in [3.05, 3.63) is 28.2 Å². The van der Waals surface area contributed by atoms with Gasteiger partial charge in [0, 0.05) is 6.20 Å². The highest BCUT2D eigenvalue weighted by atomic mass is 16.5. The lowest BCUT2D eigenvalue weighted by Gasteiger charge is -1.91. The van der Waals surface area contributed by atoms with Gasteiger partial charge in [-0.1, -0.05) is 5.16 Å². The molecule has 0 aliphatic heterocycles. The van der Waals surface area contributed by atoms with Crippen molar-refractivity contribution >= 4 is 17.0 Å². The van der Waals surface area contributed by atoms with Crippen LogP contribution in [-0.2, 0) is 0 Å². The van der Waals surface area contributed by atoms with Gasteiger partial charge in [0.05, 0.1) is 0 Å². The number of carboxylic acid groups (broad SMARTS) is 1. The van der Waals surface area contributed by atoms with Crippen molar-refractivity contribution < 1.29 is 14.4 Å². The molecule has 2 aromatic heterocycles. The largest absolute Gasteiger partial charge is 0.477 e. The number of rotatable bonds is 1. The van der Waals surface area contributed by atoms with Crippen LogP contribution in [0, 0.1) is 0 Å². The van der Waals surface area contributed by atoms with Crippen molar-refractivity contribution in [3.63, 3.8) is 0 Å². The molecule has 2 aromatic rings. The standard InChI is InChI=1S/C7H4N2O4/c10-5-3(7(11)12)1-8-6-4(5)2-13-9-6/h1-2H,(H,8,9)(H,11,12). The highest BCUT2D eigenvalue weighted by Crippen LogP contribution is 2.04. The van der Waals surface area contributed by atoms with Crippen LogP contribution in [0.25, 0.3) is 11.0 Å². The van der Waals surface area contributed by atoms with Gasteiger partial charge in [-0.3, -0.25) is 4.79 Å². The second-order valence-electron chi connectivity index (χ2n) is 2.41. The summed E-state index contributed by atoms with van der Waals surface area (Å²) >= 11 is 0. The molecule has 0 spiro atoms. The Bertz CT molecular complexity index is 525. The fraction of sp³-hybridized carbons (Fsp3) is 0. The van der Waals surface area contributed by atoms with E-state index < -0.39 is 11.4 Å². The highest BCUT2D eigenvalue weighted by Gasteiger charge is 2.12. The summed E-state index contributed by atoms with van der Waals surface area (Å²) in [6, 6.07) is 0. The van der Waals surface area contributed by atoms with Gasteiger partial charge in [-0.2, -0.15) is 0 Å². The zero-order chi connectivity index (χ0) is 9.42. The van der Waals surface area contributed by atoms with Gasteiger partial charge in [0.1, 0.15) is 17.2 Å². The van der Waals surface area contributed by atoms with E-state index in [2.05, 4.69) is 14.7 Å². The first-order valence-electron chi connectivity index (χ1n) is 3.39. The van der Waals surface area contributed by atoms with Crippen molar-refractivity contribution in [3.8, 4) is 0 Å². The third-order valence-electron chi connectivity index (χ3n) is 1.64. The van der Waals surface area contributed by atoms with Crippen molar-refractivity contribution in [1.82, 2.24) is 10.1 Å². The van der Waals surface area contributed by atoms with Gasteiger partial charge in [-0.25, -0.2) is 4.79 Å². The second kappa shape index (κ2) is 2.44. The molecule has 0 unspecified atom stereocenters. The molecule has 0 aromatic carbocycles. The average Bonchev–Trinajstić information content (AvgIpc) is 2.52. The molecule has 2 N–H and O–H groups in total. The average molecular weight is 180 g/mol. The molecule has 2 rings (SSSR count).